The number of rotatable bonds is 5. The maximum Gasteiger partial charge on any atom is 0.343 e. The molecule has 0 saturated heterocycles. The topological polar surface area (TPSA) is 35.5 Å². The molecule has 0 aromatic heterocycles. The van der Waals surface area contributed by atoms with E-state index in [0.717, 1.165) is 25.7 Å². The van der Waals surface area contributed by atoms with Crippen molar-refractivity contribution in [1.82, 2.24) is 0 Å². The van der Waals surface area contributed by atoms with Gasteiger partial charge >= 0.3 is 5.97 Å². The largest absolute Gasteiger partial charge is 0.481 e. The quantitative estimate of drug-likeness (QED) is 0.384. The number of halogens is 2. The highest BCUT2D eigenvalue weighted by molar-refractivity contribution is 14.1. The molecular formula is C12H14I2O3. The molecule has 3 nitrogen and oxygen atoms in total. The highest BCUT2D eigenvalue weighted by Crippen LogP contribution is 2.29. The Bertz CT molecular complexity index is 380. The van der Waals surface area contributed by atoms with Gasteiger partial charge in [-0.3, -0.25) is 0 Å². The van der Waals surface area contributed by atoms with Crippen LogP contribution in [0.2, 0.25) is 0 Å². The number of alkyl halides is 2. The van der Waals surface area contributed by atoms with E-state index < -0.39 is 0 Å². The first kappa shape index (κ1) is 15.0. The van der Waals surface area contributed by atoms with Gasteiger partial charge in [0.25, 0.3) is 0 Å². The summed E-state index contributed by atoms with van der Waals surface area (Å²) in [6, 6.07) is 4.18. The van der Waals surface area contributed by atoms with Crippen LogP contribution in [0.3, 0.4) is 0 Å². The number of esters is 1. The minimum Gasteiger partial charge on any atom is -0.481 e. The SMILES string of the molecule is COC(=O)COc1c(CI)cc(C)cc1CI. The van der Waals surface area contributed by atoms with Gasteiger partial charge in [-0.1, -0.05) is 62.9 Å². The van der Waals surface area contributed by atoms with Crippen LogP contribution in [0.15, 0.2) is 12.1 Å². The van der Waals surface area contributed by atoms with Crippen molar-refractivity contribution in [3.05, 3.63) is 28.8 Å². The predicted molar refractivity (Wildman–Crippen MR) is 84.1 cm³/mol. The Morgan fingerprint density at radius 2 is 1.76 bits per heavy atom. The van der Waals surface area contributed by atoms with E-state index in [-0.39, 0.29) is 12.6 Å². The molecule has 5 heteroatoms. The Morgan fingerprint density at radius 1 is 1.24 bits per heavy atom. The van der Waals surface area contributed by atoms with E-state index >= 15 is 0 Å². The fraction of sp³-hybridized carbons (Fsp3) is 0.417. The van der Waals surface area contributed by atoms with Crippen LogP contribution in [0.1, 0.15) is 16.7 Å². The van der Waals surface area contributed by atoms with Crippen LogP contribution in [0.4, 0.5) is 0 Å². The molecule has 0 fully saturated rings. The lowest BCUT2D eigenvalue weighted by Crippen LogP contribution is -2.14. The minimum absolute atomic E-state index is 0.0349. The maximum atomic E-state index is 11.1. The summed E-state index contributed by atoms with van der Waals surface area (Å²) in [5.74, 6) is 0.467. The Balaban J connectivity index is 2.98. The first-order valence-electron chi connectivity index (χ1n) is 5.06. The van der Waals surface area contributed by atoms with Crippen LogP contribution < -0.4 is 4.74 Å². The molecule has 1 aromatic carbocycles. The molecule has 0 atom stereocenters. The number of methoxy groups -OCH3 is 1. The summed E-state index contributed by atoms with van der Waals surface area (Å²) in [6.45, 7) is 2.03. The molecule has 0 aliphatic heterocycles. The van der Waals surface area contributed by atoms with Gasteiger partial charge in [-0.15, -0.1) is 0 Å². The number of carbonyl (C=O) groups excluding carboxylic acids is 1. The van der Waals surface area contributed by atoms with Crippen LogP contribution in [-0.4, -0.2) is 19.7 Å². The van der Waals surface area contributed by atoms with E-state index in [4.69, 9.17) is 4.74 Å². The molecular weight excluding hydrogens is 446 g/mol. The lowest BCUT2D eigenvalue weighted by atomic mass is 10.1. The van der Waals surface area contributed by atoms with Crippen molar-refractivity contribution in [2.24, 2.45) is 0 Å². The highest BCUT2D eigenvalue weighted by atomic mass is 127. The normalized spacial score (nSPS) is 10.1. The summed E-state index contributed by atoms with van der Waals surface area (Å²) in [6.07, 6.45) is 0. The first-order valence-corrected chi connectivity index (χ1v) is 8.11. The van der Waals surface area contributed by atoms with E-state index in [1.54, 1.807) is 0 Å². The summed E-state index contributed by atoms with van der Waals surface area (Å²) in [5, 5.41) is 0. The molecule has 0 spiro atoms. The molecule has 0 heterocycles. The standard InChI is InChI=1S/C12H14I2O3/c1-8-3-9(5-13)12(10(4-8)6-14)17-7-11(15)16-2/h3-4H,5-7H2,1-2H3. The molecule has 0 unspecified atom stereocenters. The van der Waals surface area contributed by atoms with E-state index in [9.17, 15) is 4.79 Å². The van der Waals surface area contributed by atoms with Crippen molar-refractivity contribution in [2.75, 3.05) is 13.7 Å². The summed E-state index contributed by atoms with van der Waals surface area (Å²) in [7, 11) is 1.36. The Morgan fingerprint density at radius 3 is 2.18 bits per heavy atom. The third kappa shape index (κ3) is 4.27. The third-order valence-corrected chi connectivity index (χ3v) is 3.88. The molecule has 94 valence electrons. The van der Waals surface area contributed by atoms with Gasteiger partial charge in [-0.25, -0.2) is 4.79 Å². The van der Waals surface area contributed by atoms with E-state index in [1.807, 2.05) is 0 Å². The van der Waals surface area contributed by atoms with Crippen molar-refractivity contribution in [3.63, 3.8) is 0 Å². The molecule has 0 radical (unpaired) electrons. The summed E-state index contributed by atoms with van der Waals surface area (Å²) in [5.41, 5.74) is 3.47. The second-order valence-corrected chi connectivity index (χ2v) is 5.07. The number of carbonyl (C=O) groups is 1. The van der Waals surface area contributed by atoms with Gasteiger partial charge in [-0.2, -0.15) is 0 Å². The third-order valence-electron chi connectivity index (χ3n) is 2.24. The van der Waals surface area contributed by atoms with Gasteiger partial charge in [0.2, 0.25) is 0 Å². The van der Waals surface area contributed by atoms with E-state index in [1.165, 1.54) is 12.7 Å². The lowest BCUT2D eigenvalue weighted by molar-refractivity contribution is -0.142. The van der Waals surface area contributed by atoms with Crippen molar-refractivity contribution >= 4 is 51.2 Å². The van der Waals surface area contributed by atoms with Crippen LogP contribution >= 0.6 is 45.2 Å². The van der Waals surface area contributed by atoms with Gasteiger partial charge in [0.1, 0.15) is 5.75 Å². The zero-order valence-corrected chi connectivity index (χ0v) is 14.1. The highest BCUT2D eigenvalue weighted by Gasteiger charge is 2.12. The molecule has 0 bridgehead atoms. The smallest absolute Gasteiger partial charge is 0.343 e. The van der Waals surface area contributed by atoms with Crippen LogP contribution in [-0.2, 0) is 18.4 Å². The summed E-state index contributed by atoms with van der Waals surface area (Å²) in [4.78, 5) is 11.1. The van der Waals surface area contributed by atoms with Gasteiger partial charge < -0.3 is 9.47 Å². The van der Waals surface area contributed by atoms with Crippen LogP contribution in [0.25, 0.3) is 0 Å². The molecule has 0 amide bonds. The fourth-order valence-electron chi connectivity index (χ4n) is 1.50. The summed E-state index contributed by atoms with van der Waals surface area (Å²) >= 11 is 4.59. The lowest BCUT2D eigenvalue weighted by Gasteiger charge is -2.14. The van der Waals surface area contributed by atoms with Crippen molar-refractivity contribution < 1.29 is 14.3 Å². The monoisotopic (exact) mass is 460 g/mol. The molecule has 0 aliphatic rings. The number of ether oxygens (including phenoxy) is 2. The molecule has 0 saturated carbocycles. The van der Waals surface area contributed by atoms with Gasteiger partial charge in [0.05, 0.1) is 7.11 Å². The first-order chi connectivity index (χ1) is 8.12. The van der Waals surface area contributed by atoms with Gasteiger partial charge in [0, 0.05) is 20.0 Å². The number of hydrogen-bond donors (Lipinski definition) is 0. The second-order valence-electron chi connectivity index (χ2n) is 3.54. The molecule has 0 N–H and O–H groups in total. The molecule has 1 rings (SSSR count). The van der Waals surface area contributed by atoms with E-state index in [0.29, 0.717) is 0 Å². The van der Waals surface area contributed by atoms with Crippen molar-refractivity contribution in [2.45, 2.75) is 15.8 Å². The van der Waals surface area contributed by atoms with Crippen LogP contribution in [0, 0.1) is 6.92 Å². The number of hydrogen-bond acceptors (Lipinski definition) is 3. The zero-order chi connectivity index (χ0) is 12.8. The van der Waals surface area contributed by atoms with Crippen molar-refractivity contribution in [3.8, 4) is 5.75 Å². The maximum absolute atomic E-state index is 11.1. The van der Waals surface area contributed by atoms with Gasteiger partial charge in [-0.05, 0) is 6.92 Å². The molecule has 0 aliphatic carbocycles. The summed E-state index contributed by atoms with van der Waals surface area (Å²) < 4.78 is 11.9. The van der Waals surface area contributed by atoms with Gasteiger partial charge in [0.15, 0.2) is 6.61 Å². The Kier molecular flexibility index (Phi) is 6.53. The zero-order valence-electron chi connectivity index (χ0n) is 9.76. The number of benzene rings is 1. The molecule has 17 heavy (non-hydrogen) atoms. The van der Waals surface area contributed by atoms with Crippen LogP contribution in [0.5, 0.6) is 5.75 Å². The predicted octanol–water partition coefficient (Wildman–Crippen LogP) is 3.42. The van der Waals surface area contributed by atoms with E-state index in [2.05, 4.69) is 69.0 Å². The second kappa shape index (κ2) is 7.40. The molecule has 1 aromatic rings. The average molecular weight is 460 g/mol. The van der Waals surface area contributed by atoms with Crippen molar-refractivity contribution in [1.29, 1.82) is 0 Å². The average Bonchev–Trinajstić information content (AvgIpc) is 2.35. The number of aryl methyl sites for hydroxylation is 1. The minimum atomic E-state index is -0.357. The fourth-order valence-corrected chi connectivity index (χ4v) is 2.64. The Labute approximate surface area is 129 Å². The Hall–Kier alpha value is -0.0500.